The second-order valence-electron chi connectivity index (χ2n) is 7.13. The van der Waals surface area contributed by atoms with E-state index in [0.717, 1.165) is 0 Å². The summed E-state index contributed by atoms with van der Waals surface area (Å²) in [7, 11) is 0. The summed E-state index contributed by atoms with van der Waals surface area (Å²) in [4.78, 5) is 1.57. The largest absolute Gasteiger partial charge is 0.149 e. The van der Waals surface area contributed by atoms with Crippen molar-refractivity contribution in [1.29, 1.82) is 0 Å². The van der Waals surface area contributed by atoms with E-state index in [4.69, 9.17) is 0 Å². The molecule has 0 fully saturated rings. The zero-order chi connectivity index (χ0) is 16.4. The summed E-state index contributed by atoms with van der Waals surface area (Å²) in [5, 5.41) is 2.20. The van der Waals surface area contributed by atoms with Crippen molar-refractivity contribution in [3.63, 3.8) is 0 Å². The summed E-state index contributed by atoms with van der Waals surface area (Å²) >= 11 is 1.91. The van der Waals surface area contributed by atoms with Gasteiger partial charge >= 0.3 is 0 Å². The third kappa shape index (κ3) is 13.8. The van der Waals surface area contributed by atoms with E-state index < -0.39 is 0 Å². The molecule has 0 nitrogen and oxygen atoms in total. The maximum Gasteiger partial charge on any atom is 0.00452 e. The highest BCUT2D eigenvalue weighted by Crippen LogP contribution is 2.15. The van der Waals surface area contributed by atoms with E-state index >= 15 is 0 Å². The summed E-state index contributed by atoms with van der Waals surface area (Å²) in [6.07, 6.45) is 24.6. The number of thiophene rings is 1. The molecule has 0 aliphatic carbocycles. The van der Waals surface area contributed by atoms with E-state index in [9.17, 15) is 0 Å². The van der Waals surface area contributed by atoms with Crippen LogP contribution in [0.15, 0.2) is 17.5 Å². The molecule has 1 rings (SSSR count). The van der Waals surface area contributed by atoms with Gasteiger partial charge in [0, 0.05) is 4.88 Å². The van der Waals surface area contributed by atoms with Crippen LogP contribution in [0, 0.1) is 0 Å². The van der Waals surface area contributed by atoms with E-state index in [0.29, 0.717) is 0 Å². The highest BCUT2D eigenvalue weighted by atomic mass is 32.1. The summed E-state index contributed by atoms with van der Waals surface area (Å²) in [6.45, 7) is 2.30. The summed E-state index contributed by atoms with van der Waals surface area (Å²) < 4.78 is 0. The van der Waals surface area contributed by atoms with E-state index in [2.05, 4.69) is 24.4 Å². The Morgan fingerprint density at radius 3 is 1.43 bits per heavy atom. The second-order valence-corrected chi connectivity index (χ2v) is 8.16. The second kappa shape index (κ2) is 16.6. The molecule has 0 aliphatic heterocycles. The molecule has 0 amide bonds. The van der Waals surface area contributed by atoms with Crippen LogP contribution in [-0.4, -0.2) is 0 Å². The van der Waals surface area contributed by atoms with Crippen molar-refractivity contribution in [3.05, 3.63) is 22.4 Å². The predicted molar refractivity (Wildman–Crippen MR) is 108 cm³/mol. The van der Waals surface area contributed by atoms with Gasteiger partial charge in [0.1, 0.15) is 0 Å². The summed E-state index contributed by atoms with van der Waals surface area (Å²) in [5.74, 6) is 0. The molecule has 1 aromatic heterocycles. The highest BCUT2D eigenvalue weighted by molar-refractivity contribution is 7.09. The summed E-state index contributed by atoms with van der Waals surface area (Å²) in [5.41, 5.74) is 0. The van der Waals surface area contributed by atoms with Crippen molar-refractivity contribution < 1.29 is 0 Å². The predicted octanol–water partition coefficient (Wildman–Crippen LogP) is 8.55. The Morgan fingerprint density at radius 1 is 0.609 bits per heavy atom. The Labute approximate surface area is 150 Å². The summed E-state index contributed by atoms with van der Waals surface area (Å²) in [6, 6.07) is 4.45. The maximum absolute atomic E-state index is 2.30. The zero-order valence-corrected chi connectivity index (χ0v) is 16.5. The first-order chi connectivity index (χ1) is 11.4. The van der Waals surface area contributed by atoms with Crippen LogP contribution in [-0.2, 0) is 6.42 Å². The molecular weight excluding hydrogens is 296 g/mol. The van der Waals surface area contributed by atoms with E-state index in [1.807, 2.05) is 11.3 Å². The van der Waals surface area contributed by atoms with Crippen LogP contribution < -0.4 is 0 Å². The number of rotatable bonds is 17. The monoisotopic (exact) mass is 336 g/mol. The minimum absolute atomic E-state index is 1.30. The molecule has 0 saturated heterocycles. The van der Waals surface area contributed by atoms with Crippen LogP contribution in [0.3, 0.4) is 0 Å². The Balaban J connectivity index is 1.67. The van der Waals surface area contributed by atoms with Crippen molar-refractivity contribution in [2.45, 2.75) is 116 Å². The third-order valence-corrected chi connectivity index (χ3v) is 5.79. The standard InChI is InChI=1S/C22H40S/c1-2-3-4-5-6-7-8-9-10-11-12-13-14-15-16-17-19-22-20-18-21-23-22/h18,20-21H,2-17,19H2,1H3. The molecule has 1 heterocycles. The van der Waals surface area contributed by atoms with Gasteiger partial charge in [0.2, 0.25) is 0 Å². The number of unbranched alkanes of at least 4 members (excludes halogenated alkanes) is 15. The molecule has 0 saturated carbocycles. The molecule has 23 heavy (non-hydrogen) atoms. The average molecular weight is 337 g/mol. The average Bonchev–Trinajstić information content (AvgIpc) is 3.08. The Kier molecular flexibility index (Phi) is 14.9. The molecule has 0 aromatic carbocycles. The lowest BCUT2D eigenvalue weighted by Crippen LogP contribution is -1.84. The fraction of sp³-hybridized carbons (Fsp3) is 0.818. The molecule has 1 heteroatoms. The van der Waals surface area contributed by atoms with Gasteiger partial charge in [-0.25, -0.2) is 0 Å². The quantitative estimate of drug-likeness (QED) is 0.250. The van der Waals surface area contributed by atoms with Gasteiger partial charge in [0.15, 0.2) is 0 Å². The zero-order valence-electron chi connectivity index (χ0n) is 15.7. The molecule has 0 radical (unpaired) electrons. The normalized spacial score (nSPS) is 11.2. The van der Waals surface area contributed by atoms with Crippen LogP contribution in [0.5, 0.6) is 0 Å². The Bertz CT molecular complexity index is 315. The number of hydrogen-bond donors (Lipinski definition) is 0. The molecule has 1 aromatic rings. The maximum atomic E-state index is 2.30. The van der Waals surface area contributed by atoms with Crippen LogP contribution in [0.1, 0.15) is 115 Å². The smallest absolute Gasteiger partial charge is 0.00452 e. The molecule has 0 N–H and O–H groups in total. The highest BCUT2D eigenvalue weighted by Gasteiger charge is 1.96. The van der Waals surface area contributed by atoms with Crippen molar-refractivity contribution in [2.75, 3.05) is 0 Å². The third-order valence-electron chi connectivity index (χ3n) is 4.86. The first-order valence-corrected chi connectivity index (χ1v) is 11.3. The fourth-order valence-electron chi connectivity index (χ4n) is 3.30. The SMILES string of the molecule is CCCCCCCCCCCCCCCCCCc1cccs1. The molecular formula is C22H40S. The van der Waals surface area contributed by atoms with Crippen molar-refractivity contribution in [1.82, 2.24) is 0 Å². The molecule has 134 valence electrons. The van der Waals surface area contributed by atoms with Gasteiger partial charge in [0.25, 0.3) is 0 Å². The molecule has 0 aliphatic rings. The van der Waals surface area contributed by atoms with Gasteiger partial charge in [0.05, 0.1) is 0 Å². The topological polar surface area (TPSA) is 0 Å². The van der Waals surface area contributed by atoms with Crippen molar-refractivity contribution in [3.8, 4) is 0 Å². The first kappa shape index (κ1) is 20.7. The van der Waals surface area contributed by atoms with Gasteiger partial charge in [-0.05, 0) is 24.3 Å². The molecule has 0 bridgehead atoms. The lowest BCUT2D eigenvalue weighted by molar-refractivity contribution is 0.529. The van der Waals surface area contributed by atoms with Crippen molar-refractivity contribution >= 4 is 11.3 Å². The molecule has 0 atom stereocenters. The van der Waals surface area contributed by atoms with Crippen LogP contribution >= 0.6 is 11.3 Å². The first-order valence-electron chi connectivity index (χ1n) is 10.5. The van der Waals surface area contributed by atoms with Gasteiger partial charge < -0.3 is 0 Å². The number of hydrogen-bond acceptors (Lipinski definition) is 1. The van der Waals surface area contributed by atoms with Gasteiger partial charge in [-0.15, -0.1) is 11.3 Å². The van der Waals surface area contributed by atoms with E-state index in [-0.39, 0.29) is 0 Å². The van der Waals surface area contributed by atoms with Crippen LogP contribution in [0.25, 0.3) is 0 Å². The van der Waals surface area contributed by atoms with Gasteiger partial charge in [-0.2, -0.15) is 0 Å². The number of aryl methyl sites for hydroxylation is 1. The van der Waals surface area contributed by atoms with Gasteiger partial charge in [-0.1, -0.05) is 109 Å². The Hall–Kier alpha value is -0.300. The lowest BCUT2D eigenvalue weighted by atomic mass is 10.0. The Morgan fingerprint density at radius 2 is 1.04 bits per heavy atom. The van der Waals surface area contributed by atoms with E-state index in [1.54, 1.807) is 4.88 Å². The van der Waals surface area contributed by atoms with Crippen molar-refractivity contribution in [2.24, 2.45) is 0 Å². The molecule has 0 spiro atoms. The molecule has 0 unspecified atom stereocenters. The van der Waals surface area contributed by atoms with Gasteiger partial charge in [-0.3, -0.25) is 0 Å². The van der Waals surface area contributed by atoms with E-state index in [1.165, 1.54) is 109 Å². The van der Waals surface area contributed by atoms with Crippen LogP contribution in [0.2, 0.25) is 0 Å². The van der Waals surface area contributed by atoms with Crippen LogP contribution in [0.4, 0.5) is 0 Å². The fourth-order valence-corrected chi connectivity index (χ4v) is 4.05. The lowest BCUT2D eigenvalue weighted by Gasteiger charge is -2.03. The minimum atomic E-state index is 1.30. The minimum Gasteiger partial charge on any atom is -0.149 e.